The molecule has 0 bridgehead atoms. The predicted octanol–water partition coefficient (Wildman–Crippen LogP) is 3.33. The minimum atomic E-state index is -0.312. The third-order valence-corrected chi connectivity index (χ3v) is 4.11. The second-order valence-electron chi connectivity index (χ2n) is 6.14. The molecule has 2 aromatic rings. The minimum absolute atomic E-state index is 0.232. The van der Waals surface area contributed by atoms with Crippen LogP contribution in [0.1, 0.15) is 34.5 Å². The van der Waals surface area contributed by atoms with E-state index in [0.29, 0.717) is 11.1 Å². The third kappa shape index (κ3) is 4.27. The van der Waals surface area contributed by atoms with Gasteiger partial charge in [0.1, 0.15) is 5.82 Å². The Kier molecular flexibility index (Phi) is 6.11. The van der Waals surface area contributed by atoms with E-state index in [2.05, 4.69) is 5.32 Å². The molecule has 1 atom stereocenters. The smallest absolute Gasteiger partial charge is 0.251 e. The second kappa shape index (κ2) is 8.29. The number of rotatable bonds is 6. The highest BCUT2D eigenvalue weighted by Crippen LogP contribution is 2.26. The lowest BCUT2D eigenvalue weighted by Gasteiger charge is -2.20. The predicted molar refractivity (Wildman–Crippen MR) is 104 cm³/mol. The normalized spacial score (nSPS) is 12.4. The Labute approximate surface area is 152 Å². The van der Waals surface area contributed by atoms with Gasteiger partial charge in [0.15, 0.2) is 0 Å². The minimum Gasteiger partial charge on any atom is -0.404 e. The first kappa shape index (κ1) is 19.2. The zero-order valence-electron chi connectivity index (χ0n) is 15.1. The number of hydrogen-bond acceptors (Lipinski definition) is 4. The van der Waals surface area contributed by atoms with Crippen LogP contribution in [0.4, 0.5) is 10.1 Å². The first-order valence-corrected chi connectivity index (χ1v) is 8.17. The lowest BCUT2D eigenvalue weighted by molar-refractivity contribution is 0.0940. The topological polar surface area (TPSA) is 82.2 Å². The standard InChI is InChI=1S/C20H23FN4O/c1-13(14-4-7-17(21)8-5-14)24-20(26)15-6-9-18(16(11-22)12-23)19(10-15)25(2)3/h4-13,22H,23H2,1-3H3,(H,24,26)/b16-12+,22-11?/t13-/m1/s1. The van der Waals surface area contributed by atoms with Crippen molar-refractivity contribution in [3.8, 4) is 0 Å². The lowest BCUT2D eigenvalue weighted by atomic mass is 10.0. The van der Waals surface area contributed by atoms with Gasteiger partial charge >= 0.3 is 0 Å². The van der Waals surface area contributed by atoms with Gasteiger partial charge in [-0.3, -0.25) is 4.79 Å². The van der Waals surface area contributed by atoms with E-state index in [1.54, 1.807) is 30.3 Å². The molecule has 5 nitrogen and oxygen atoms in total. The Morgan fingerprint density at radius 2 is 1.88 bits per heavy atom. The zero-order chi connectivity index (χ0) is 19.3. The molecule has 2 aromatic carbocycles. The second-order valence-corrected chi connectivity index (χ2v) is 6.14. The highest BCUT2D eigenvalue weighted by Gasteiger charge is 2.15. The summed E-state index contributed by atoms with van der Waals surface area (Å²) in [5.41, 5.74) is 9.03. The van der Waals surface area contributed by atoms with Crippen LogP contribution >= 0.6 is 0 Å². The monoisotopic (exact) mass is 354 g/mol. The van der Waals surface area contributed by atoms with Crippen LogP contribution in [0.5, 0.6) is 0 Å². The van der Waals surface area contributed by atoms with Crippen molar-refractivity contribution < 1.29 is 9.18 Å². The van der Waals surface area contributed by atoms with E-state index >= 15 is 0 Å². The van der Waals surface area contributed by atoms with Crippen molar-refractivity contribution in [2.24, 2.45) is 5.73 Å². The lowest BCUT2D eigenvalue weighted by Crippen LogP contribution is -2.27. The molecular formula is C20H23FN4O. The van der Waals surface area contributed by atoms with Gasteiger partial charge in [-0.1, -0.05) is 18.2 Å². The van der Waals surface area contributed by atoms with Crippen LogP contribution in [-0.4, -0.2) is 26.2 Å². The SMILES string of the molecule is C[C@@H](NC(=O)c1ccc(/C(C=N)=C/N)c(N(C)C)c1)c1ccc(F)cc1. The molecular weight excluding hydrogens is 331 g/mol. The number of carbonyl (C=O) groups excluding carboxylic acids is 1. The van der Waals surface area contributed by atoms with E-state index in [-0.39, 0.29) is 17.8 Å². The number of nitrogens with one attached hydrogen (secondary N) is 2. The molecule has 4 N–H and O–H groups in total. The number of carbonyl (C=O) groups is 1. The summed E-state index contributed by atoms with van der Waals surface area (Å²) >= 11 is 0. The highest BCUT2D eigenvalue weighted by atomic mass is 19.1. The fourth-order valence-corrected chi connectivity index (χ4v) is 2.62. The fraction of sp³-hybridized carbons (Fsp3) is 0.200. The van der Waals surface area contributed by atoms with Gasteiger partial charge < -0.3 is 21.4 Å². The number of hydrogen-bond donors (Lipinski definition) is 3. The van der Waals surface area contributed by atoms with Crippen LogP contribution in [0.3, 0.4) is 0 Å². The molecule has 0 heterocycles. The van der Waals surface area contributed by atoms with Crippen molar-refractivity contribution >= 4 is 23.4 Å². The molecule has 0 aliphatic carbocycles. The Bertz CT molecular complexity index is 828. The van der Waals surface area contributed by atoms with Crippen molar-refractivity contribution in [1.29, 1.82) is 5.41 Å². The van der Waals surface area contributed by atoms with E-state index in [9.17, 15) is 9.18 Å². The first-order valence-electron chi connectivity index (χ1n) is 8.17. The van der Waals surface area contributed by atoms with Crippen LogP contribution in [0, 0.1) is 11.2 Å². The maximum absolute atomic E-state index is 13.0. The van der Waals surface area contributed by atoms with Crippen molar-refractivity contribution in [2.45, 2.75) is 13.0 Å². The van der Waals surface area contributed by atoms with Crippen molar-refractivity contribution in [2.75, 3.05) is 19.0 Å². The number of amides is 1. The average molecular weight is 354 g/mol. The summed E-state index contributed by atoms with van der Waals surface area (Å²) < 4.78 is 13.0. The van der Waals surface area contributed by atoms with Crippen LogP contribution in [0.2, 0.25) is 0 Å². The van der Waals surface area contributed by atoms with Gasteiger partial charge in [-0.15, -0.1) is 0 Å². The maximum Gasteiger partial charge on any atom is 0.251 e. The van der Waals surface area contributed by atoms with E-state index in [1.165, 1.54) is 24.5 Å². The van der Waals surface area contributed by atoms with Gasteiger partial charge in [-0.2, -0.15) is 0 Å². The van der Waals surface area contributed by atoms with Crippen LogP contribution in [0.25, 0.3) is 5.57 Å². The summed E-state index contributed by atoms with van der Waals surface area (Å²) in [6, 6.07) is 11.0. The largest absolute Gasteiger partial charge is 0.404 e. The van der Waals surface area contributed by atoms with Crippen LogP contribution in [-0.2, 0) is 0 Å². The molecule has 0 fully saturated rings. The van der Waals surface area contributed by atoms with Crippen molar-refractivity contribution in [3.63, 3.8) is 0 Å². The van der Waals surface area contributed by atoms with Gasteiger partial charge in [0.05, 0.1) is 6.04 Å². The van der Waals surface area contributed by atoms with E-state index < -0.39 is 0 Å². The van der Waals surface area contributed by atoms with Gasteiger partial charge in [0, 0.05) is 48.9 Å². The molecule has 0 aromatic heterocycles. The number of halogens is 1. The van der Waals surface area contributed by atoms with Crippen LogP contribution < -0.4 is 16.0 Å². The van der Waals surface area contributed by atoms with Gasteiger partial charge in [0.2, 0.25) is 0 Å². The Morgan fingerprint density at radius 3 is 2.42 bits per heavy atom. The average Bonchev–Trinajstić information content (AvgIpc) is 2.63. The summed E-state index contributed by atoms with van der Waals surface area (Å²) in [4.78, 5) is 14.5. The summed E-state index contributed by atoms with van der Waals surface area (Å²) in [7, 11) is 3.72. The molecule has 2 rings (SSSR count). The molecule has 6 heteroatoms. The molecule has 0 spiro atoms. The third-order valence-electron chi connectivity index (χ3n) is 4.11. The van der Waals surface area contributed by atoms with Gasteiger partial charge in [0.25, 0.3) is 5.91 Å². The molecule has 0 aliphatic heterocycles. The van der Waals surface area contributed by atoms with E-state index in [0.717, 1.165) is 16.8 Å². The summed E-state index contributed by atoms with van der Waals surface area (Å²) in [6.45, 7) is 1.84. The molecule has 0 radical (unpaired) electrons. The number of benzene rings is 2. The molecule has 1 amide bonds. The highest BCUT2D eigenvalue weighted by molar-refractivity contribution is 6.11. The molecule has 0 unspecified atom stereocenters. The Balaban J connectivity index is 2.27. The van der Waals surface area contributed by atoms with Gasteiger partial charge in [-0.25, -0.2) is 4.39 Å². The van der Waals surface area contributed by atoms with E-state index in [4.69, 9.17) is 11.1 Å². The molecule has 26 heavy (non-hydrogen) atoms. The van der Waals surface area contributed by atoms with Gasteiger partial charge in [-0.05, 0) is 36.8 Å². The molecule has 0 saturated carbocycles. The quantitative estimate of drug-likeness (QED) is 0.696. The summed E-state index contributed by atoms with van der Waals surface area (Å²) in [5.74, 6) is -0.543. The van der Waals surface area contributed by atoms with Crippen molar-refractivity contribution in [1.82, 2.24) is 5.32 Å². The first-order chi connectivity index (χ1) is 12.4. The Morgan fingerprint density at radius 1 is 1.23 bits per heavy atom. The number of nitrogens with zero attached hydrogens (tertiary/aromatic N) is 1. The summed E-state index contributed by atoms with van der Waals surface area (Å²) in [5, 5.41) is 10.4. The number of nitrogens with two attached hydrogens (primary N) is 1. The van der Waals surface area contributed by atoms with E-state index in [1.807, 2.05) is 25.9 Å². The number of allylic oxidation sites excluding steroid dienone is 1. The number of anilines is 1. The molecule has 0 aliphatic rings. The Hall–Kier alpha value is -3.15. The fourth-order valence-electron chi connectivity index (χ4n) is 2.62. The maximum atomic E-state index is 13.0. The molecule has 136 valence electrons. The van der Waals surface area contributed by atoms with Crippen molar-refractivity contribution in [3.05, 3.63) is 71.2 Å². The zero-order valence-corrected chi connectivity index (χ0v) is 15.1. The summed E-state index contributed by atoms with van der Waals surface area (Å²) in [6.07, 6.45) is 2.55. The van der Waals surface area contributed by atoms with Crippen LogP contribution in [0.15, 0.2) is 48.7 Å². The molecule has 0 saturated heterocycles.